The van der Waals surface area contributed by atoms with Crippen LogP contribution in [0, 0.1) is 19.8 Å². The molecule has 2 amide bonds. The maximum absolute atomic E-state index is 12.8. The molecule has 1 saturated heterocycles. The number of amides is 2. The number of halogens is 1. The summed E-state index contributed by atoms with van der Waals surface area (Å²) in [6.07, 6.45) is 0.561. The summed E-state index contributed by atoms with van der Waals surface area (Å²) in [6, 6.07) is 12.4. The lowest BCUT2D eigenvalue weighted by Gasteiger charge is -2.18. The number of aryl methyl sites for hydroxylation is 2. The Hall–Kier alpha value is -2.37. The molecule has 1 atom stereocenters. The van der Waals surface area contributed by atoms with E-state index in [2.05, 4.69) is 28.8 Å². The molecule has 148 valence electrons. The molecule has 0 aromatic heterocycles. The van der Waals surface area contributed by atoms with E-state index in [0.29, 0.717) is 19.5 Å². The second-order valence-corrected chi connectivity index (χ2v) is 7.60. The van der Waals surface area contributed by atoms with Crippen LogP contribution >= 0.6 is 12.4 Å². The predicted molar refractivity (Wildman–Crippen MR) is 112 cm³/mol. The number of anilines is 1. The number of benzene rings is 2. The minimum atomic E-state index is -0.595. The number of hydrogen-bond acceptors (Lipinski definition) is 3. The largest absolute Gasteiger partial charge is 0.351 e. The van der Waals surface area contributed by atoms with Crippen molar-refractivity contribution in [2.75, 3.05) is 11.4 Å². The predicted octanol–water partition coefficient (Wildman–Crippen LogP) is 3.00. The number of nitrogens with zero attached hydrogens (tertiary/aromatic N) is 1. The fourth-order valence-corrected chi connectivity index (χ4v) is 4.06. The van der Waals surface area contributed by atoms with Gasteiger partial charge in [-0.2, -0.15) is 0 Å². The maximum atomic E-state index is 12.8. The molecule has 2 aliphatic heterocycles. The minimum absolute atomic E-state index is 0. The van der Waals surface area contributed by atoms with Gasteiger partial charge < -0.3 is 15.5 Å². The van der Waals surface area contributed by atoms with Crippen LogP contribution in [0.5, 0.6) is 0 Å². The molecule has 5 nitrogen and oxygen atoms in total. The molecular weight excluding hydrogens is 374 g/mol. The Labute approximate surface area is 171 Å². The lowest BCUT2D eigenvalue weighted by molar-refractivity contribution is -0.132. The topological polar surface area (TPSA) is 61.4 Å². The second-order valence-electron chi connectivity index (χ2n) is 7.60. The van der Waals surface area contributed by atoms with E-state index in [1.807, 2.05) is 32.0 Å². The van der Waals surface area contributed by atoms with Crippen LogP contribution in [0.15, 0.2) is 36.4 Å². The molecule has 0 spiro atoms. The Morgan fingerprint density at radius 1 is 1.11 bits per heavy atom. The van der Waals surface area contributed by atoms with Crippen molar-refractivity contribution in [3.05, 3.63) is 64.2 Å². The summed E-state index contributed by atoms with van der Waals surface area (Å²) in [5, 5.41) is 6.27. The van der Waals surface area contributed by atoms with Gasteiger partial charge in [0.05, 0.1) is 0 Å². The quantitative estimate of drug-likeness (QED) is 0.777. The van der Waals surface area contributed by atoms with Gasteiger partial charge in [0.2, 0.25) is 11.8 Å². The lowest BCUT2D eigenvalue weighted by atomic mass is 10.1. The monoisotopic (exact) mass is 399 g/mol. The Balaban J connectivity index is 0.00000225. The number of fused-ring (bicyclic) bond motifs is 1. The molecule has 1 unspecified atom stereocenters. The highest BCUT2D eigenvalue weighted by Crippen LogP contribution is 2.27. The number of rotatable bonds is 4. The normalized spacial score (nSPS) is 18.0. The van der Waals surface area contributed by atoms with Crippen molar-refractivity contribution in [3.8, 4) is 0 Å². The van der Waals surface area contributed by atoms with Crippen molar-refractivity contribution in [2.45, 2.75) is 39.9 Å². The molecule has 2 aliphatic rings. The van der Waals surface area contributed by atoms with Crippen LogP contribution in [0.2, 0.25) is 0 Å². The number of nitrogens with one attached hydrogen (secondary N) is 2. The van der Waals surface area contributed by atoms with Gasteiger partial charge in [0, 0.05) is 31.9 Å². The van der Waals surface area contributed by atoms with Gasteiger partial charge in [-0.1, -0.05) is 24.3 Å². The van der Waals surface area contributed by atoms with Gasteiger partial charge in [-0.25, -0.2) is 0 Å². The van der Waals surface area contributed by atoms with E-state index < -0.39 is 5.92 Å². The first kappa shape index (κ1) is 20.4. The van der Waals surface area contributed by atoms with Crippen LogP contribution in [-0.2, 0) is 29.2 Å². The van der Waals surface area contributed by atoms with Crippen molar-refractivity contribution < 1.29 is 9.59 Å². The summed E-state index contributed by atoms with van der Waals surface area (Å²) in [7, 11) is 0. The second kappa shape index (κ2) is 8.33. The molecular formula is C22H26ClN3O2. The van der Waals surface area contributed by atoms with E-state index >= 15 is 0 Å². The first-order valence-electron chi connectivity index (χ1n) is 9.50. The first-order chi connectivity index (χ1) is 13.0. The third-order valence-electron chi connectivity index (χ3n) is 5.41. The summed E-state index contributed by atoms with van der Waals surface area (Å²) >= 11 is 0. The molecule has 2 aromatic carbocycles. The molecule has 0 aliphatic carbocycles. The fourth-order valence-electron chi connectivity index (χ4n) is 4.06. The molecule has 0 bridgehead atoms. The van der Waals surface area contributed by atoms with Crippen molar-refractivity contribution in [3.63, 3.8) is 0 Å². The lowest BCUT2D eigenvalue weighted by Crippen LogP contribution is -2.36. The van der Waals surface area contributed by atoms with Crippen molar-refractivity contribution in [2.24, 2.45) is 5.92 Å². The highest BCUT2D eigenvalue weighted by molar-refractivity contribution is 6.09. The molecule has 4 rings (SSSR count). The van der Waals surface area contributed by atoms with Crippen LogP contribution in [0.25, 0.3) is 0 Å². The van der Waals surface area contributed by atoms with E-state index in [1.54, 1.807) is 4.90 Å². The van der Waals surface area contributed by atoms with Crippen LogP contribution < -0.4 is 15.5 Å². The Morgan fingerprint density at radius 2 is 1.82 bits per heavy atom. The highest BCUT2D eigenvalue weighted by atomic mass is 35.5. The number of hydrogen-bond donors (Lipinski definition) is 2. The molecule has 0 saturated carbocycles. The molecule has 28 heavy (non-hydrogen) atoms. The van der Waals surface area contributed by atoms with Crippen molar-refractivity contribution in [1.29, 1.82) is 0 Å². The third-order valence-corrected chi connectivity index (χ3v) is 5.41. The Morgan fingerprint density at radius 3 is 2.57 bits per heavy atom. The summed E-state index contributed by atoms with van der Waals surface area (Å²) in [5.74, 6) is -0.872. The van der Waals surface area contributed by atoms with Gasteiger partial charge in [0.1, 0.15) is 5.92 Å². The average molecular weight is 400 g/mol. The Kier molecular flexibility index (Phi) is 6.06. The zero-order valence-corrected chi connectivity index (χ0v) is 17.1. The van der Waals surface area contributed by atoms with Crippen molar-refractivity contribution in [1.82, 2.24) is 10.6 Å². The highest BCUT2D eigenvalue weighted by Gasteiger charge is 2.37. The maximum Gasteiger partial charge on any atom is 0.239 e. The summed E-state index contributed by atoms with van der Waals surface area (Å²) in [6.45, 7) is 6.88. The van der Waals surface area contributed by atoms with Gasteiger partial charge in [0.15, 0.2) is 0 Å². The fraction of sp³-hybridized carbons (Fsp3) is 0.364. The summed E-state index contributed by atoms with van der Waals surface area (Å²) in [4.78, 5) is 27.1. The molecule has 2 heterocycles. The molecule has 6 heteroatoms. The standard InChI is InChI=1S/C22H25N3O2.ClH/c1-14-7-15(2)9-19(8-14)25-6-5-20(22(25)27)21(26)24-11-16-3-4-17-12-23-13-18(17)10-16;/h3-4,7-10,20,23H,5-6,11-13H2,1-2H3,(H,24,26);1H. The molecule has 2 N–H and O–H groups in total. The molecule has 1 fully saturated rings. The van der Waals surface area contributed by atoms with Crippen LogP contribution in [0.4, 0.5) is 5.69 Å². The summed E-state index contributed by atoms with van der Waals surface area (Å²) in [5.41, 5.74) is 6.81. The SMILES string of the molecule is Cc1cc(C)cc(N2CCC(C(=O)NCc3ccc4c(c3)CNC4)C2=O)c1.Cl. The average Bonchev–Trinajstić information content (AvgIpc) is 3.24. The smallest absolute Gasteiger partial charge is 0.239 e. The van der Waals surface area contributed by atoms with Gasteiger partial charge >= 0.3 is 0 Å². The number of carbonyl (C=O) groups excluding carboxylic acids is 2. The van der Waals surface area contributed by atoms with Crippen LogP contribution in [0.1, 0.15) is 34.2 Å². The van der Waals surface area contributed by atoms with Crippen molar-refractivity contribution >= 4 is 29.9 Å². The van der Waals surface area contributed by atoms with Gasteiger partial charge in [-0.15, -0.1) is 12.4 Å². The van der Waals surface area contributed by atoms with E-state index in [4.69, 9.17) is 0 Å². The van der Waals surface area contributed by atoms with E-state index in [-0.39, 0.29) is 24.2 Å². The number of carbonyl (C=O) groups is 2. The minimum Gasteiger partial charge on any atom is -0.351 e. The first-order valence-corrected chi connectivity index (χ1v) is 9.50. The van der Waals surface area contributed by atoms with E-state index in [9.17, 15) is 9.59 Å². The van der Waals surface area contributed by atoms with Gasteiger partial charge in [-0.05, 0) is 60.2 Å². The molecule has 0 radical (unpaired) electrons. The molecule has 2 aromatic rings. The van der Waals surface area contributed by atoms with E-state index in [1.165, 1.54) is 11.1 Å². The van der Waals surface area contributed by atoms with Crippen LogP contribution in [-0.4, -0.2) is 18.4 Å². The zero-order valence-electron chi connectivity index (χ0n) is 16.2. The van der Waals surface area contributed by atoms with E-state index in [0.717, 1.165) is 35.5 Å². The zero-order chi connectivity index (χ0) is 19.0. The Bertz CT molecular complexity index is 892. The third kappa shape index (κ3) is 4.05. The van der Waals surface area contributed by atoms with Crippen LogP contribution in [0.3, 0.4) is 0 Å². The summed E-state index contributed by atoms with van der Waals surface area (Å²) < 4.78 is 0. The van der Waals surface area contributed by atoms with Gasteiger partial charge in [-0.3, -0.25) is 9.59 Å². The van der Waals surface area contributed by atoms with Gasteiger partial charge in [0.25, 0.3) is 0 Å².